The Morgan fingerprint density at radius 1 is 0.786 bits per heavy atom. The van der Waals surface area contributed by atoms with E-state index in [0.29, 0.717) is 32.1 Å². The first-order valence-corrected chi connectivity index (χ1v) is 22.5. The van der Waals surface area contributed by atoms with Crippen molar-refractivity contribution in [2.24, 2.45) is 11.8 Å². The zero-order valence-corrected chi connectivity index (χ0v) is 34.9. The van der Waals surface area contributed by atoms with E-state index in [-0.39, 0.29) is 36.9 Å². The van der Waals surface area contributed by atoms with Gasteiger partial charge in [-0.2, -0.15) is 0 Å². The summed E-state index contributed by atoms with van der Waals surface area (Å²) in [6.07, 6.45) is 24.8. The Bertz CT molecular complexity index is 1190. The fourth-order valence-corrected chi connectivity index (χ4v) is 7.05. The molecule has 324 valence electrons. The molecule has 1 fully saturated rings. The van der Waals surface area contributed by atoms with Crippen molar-refractivity contribution in [3.8, 4) is 0 Å². The number of carbonyl (C=O) groups excluding carboxylic acids is 3. The summed E-state index contributed by atoms with van der Waals surface area (Å²) in [5.41, 5.74) is 0. The molecule has 0 aromatic heterocycles. The molecule has 1 aliphatic carbocycles. The minimum atomic E-state index is -4.68. The smallest absolute Gasteiger partial charge is 0.462 e. The van der Waals surface area contributed by atoms with E-state index in [1.807, 2.05) is 12.2 Å². The van der Waals surface area contributed by atoms with Crippen LogP contribution in [0.1, 0.15) is 149 Å². The van der Waals surface area contributed by atoms with Crippen molar-refractivity contribution in [3.63, 3.8) is 0 Å². The summed E-state index contributed by atoms with van der Waals surface area (Å²) in [5, 5.41) is 39.0. The van der Waals surface area contributed by atoms with E-state index in [1.165, 1.54) is 25.7 Å². The number of hydrogen-bond acceptors (Lipinski definition) is 12. The van der Waals surface area contributed by atoms with Crippen molar-refractivity contribution in [2.45, 2.75) is 173 Å². The minimum absolute atomic E-state index is 0.0193. The van der Waals surface area contributed by atoms with E-state index in [1.54, 1.807) is 12.2 Å². The standard InChI is InChI=1S/C42H73O13P/c1-3-5-7-8-9-10-11-12-13-14-15-16-22-26-42(49)55-36(33-54-56(50,51)53-31-35(45)30-43)32-52-41(48)25-21-18-17-20-24-37-38(40(47)29-39(37)46)28-27-34(44)23-19-6-4-2/h10-11,17,20,27-28,34-38,40,43-45,47H,3-9,12-16,18-19,21-26,29-33H2,1-2H3,(H,50,51)/b11-10-,20-17-,28-27+/t34-,35-,36+,37+,38+,40+/m0/s1. The van der Waals surface area contributed by atoms with Gasteiger partial charge in [0.15, 0.2) is 6.10 Å². The third-order valence-electron chi connectivity index (χ3n) is 9.64. The summed E-state index contributed by atoms with van der Waals surface area (Å²) < 4.78 is 32.6. The molecule has 1 saturated carbocycles. The molecule has 13 nitrogen and oxygen atoms in total. The molecule has 0 aromatic carbocycles. The molecule has 0 aromatic rings. The molecule has 0 heterocycles. The van der Waals surface area contributed by atoms with Crippen molar-refractivity contribution in [1.82, 2.24) is 0 Å². The molecular formula is C42H73O13P. The first-order chi connectivity index (χ1) is 26.9. The molecule has 14 heteroatoms. The van der Waals surface area contributed by atoms with Crippen LogP contribution in [0.2, 0.25) is 0 Å². The molecule has 0 amide bonds. The largest absolute Gasteiger partial charge is 0.472 e. The summed E-state index contributed by atoms with van der Waals surface area (Å²) in [6, 6.07) is 0. The van der Waals surface area contributed by atoms with Gasteiger partial charge in [-0.1, -0.05) is 108 Å². The number of aliphatic hydroxyl groups excluding tert-OH is 4. The lowest BCUT2D eigenvalue weighted by Crippen LogP contribution is -2.29. The fraction of sp³-hybridized carbons (Fsp3) is 0.786. The van der Waals surface area contributed by atoms with Crippen LogP contribution in [0.4, 0.5) is 0 Å². The number of Topliss-reactive ketones (excluding diaryl/α,β-unsaturated/α-hetero) is 1. The molecule has 0 saturated heterocycles. The number of aliphatic hydroxyl groups is 4. The van der Waals surface area contributed by atoms with Gasteiger partial charge in [-0.3, -0.25) is 23.4 Å². The van der Waals surface area contributed by atoms with Gasteiger partial charge < -0.3 is 34.8 Å². The van der Waals surface area contributed by atoms with E-state index in [0.717, 1.165) is 57.8 Å². The molecule has 0 spiro atoms. The quantitative estimate of drug-likeness (QED) is 0.0184. The van der Waals surface area contributed by atoms with E-state index < -0.39 is 70.6 Å². The normalized spacial score (nSPS) is 20.2. The van der Waals surface area contributed by atoms with Gasteiger partial charge in [0.05, 0.1) is 32.0 Å². The van der Waals surface area contributed by atoms with Crippen LogP contribution in [0.25, 0.3) is 0 Å². The highest BCUT2D eigenvalue weighted by Crippen LogP contribution is 2.43. The zero-order valence-electron chi connectivity index (χ0n) is 34.1. The average Bonchev–Trinajstić information content (AvgIpc) is 3.44. The Kier molecular flexibility index (Phi) is 30.3. The molecule has 1 unspecified atom stereocenters. The van der Waals surface area contributed by atoms with Crippen LogP contribution in [0, 0.1) is 11.8 Å². The van der Waals surface area contributed by atoms with Gasteiger partial charge in [0.2, 0.25) is 0 Å². The van der Waals surface area contributed by atoms with Crippen LogP contribution in [0.3, 0.4) is 0 Å². The highest BCUT2D eigenvalue weighted by molar-refractivity contribution is 7.47. The average molecular weight is 817 g/mol. The number of phosphoric acid groups is 1. The molecule has 1 aliphatic rings. The number of ether oxygens (including phenoxy) is 2. The number of rotatable bonds is 35. The molecule has 0 bridgehead atoms. The van der Waals surface area contributed by atoms with Crippen molar-refractivity contribution in [1.29, 1.82) is 0 Å². The number of unbranched alkanes of at least 4 members (excludes halogenated alkanes) is 12. The molecule has 56 heavy (non-hydrogen) atoms. The summed E-state index contributed by atoms with van der Waals surface area (Å²) in [6.45, 7) is 1.93. The van der Waals surface area contributed by atoms with E-state index in [9.17, 15) is 39.2 Å². The van der Waals surface area contributed by atoms with Crippen LogP contribution in [-0.4, -0.2) is 93.9 Å². The maximum absolute atomic E-state index is 12.6. The Morgan fingerprint density at radius 2 is 1.38 bits per heavy atom. The number of carbonyl (C=O) groups is 3. The topological polar surface area (TPSA) is 206 Å². The van der Waals surface area contributed by atoms with Crippen LogP contribution >= 0.6 is 7.82 Å². The number of allylic oxidation sites excluding steroid dienone is 4. The van der Waals surface area contributed by atoms with E-state index >= 15 is 0 Å². The molecular weight excluding hydrogens is 743 g/mol. The van der Waals surface area contributed by atoms with E-state index in [2.05, 4.69) is 30.5 Å². The zero-order chi connectivity index (χ0) is 41.4. The van der Waals surface area contributed by atoms with Gasteiger partial charge in [-0.15, -0.1) is 0 Å². The van der Waals surface area contributed by atoms with Gasteiger partial charge in [0, 0.05) is 31.1 Å². The van der Waals surface area contributed by atoms with Crippen molar-refractivity contribution >= 4 is 25.5 Å². The van der Waals surface area contributed by atoms with Crippen LogP contribution in [0.5, 0.6) is 0 Å². The lowest BCUT2D eigenvalue weighted by atomic mass is 9.90. The minimum Gasteiger partial charge on any atom is -0.462 e. The van der Waals surface area contributed by atoms with Crippen molar-refractivity contribution < 1.29 is 62.8 Å². The lowest BCUT2D eigenvalue weighted by molar-refractivity contribution is -0.161. The van der Waals surface area contributed by atoms with Gasteiger partial charge >= 0.3 is 19.8 Å². The second-order valence-corrected chi connectivity index (χ2v) is 16.2. The maximum Gasteiger partial charge on any atom is 0.472 e. The molecule has 0 radical (unpaired) electrons. The van der Waals surface area contributed by atoms with Crippen LogP contribution < -0.4 is 0 Å². The highest BCUT2D eigenvalue weighted by Gasteiger charge is 2.39. The first-order valence-electron chi connectivity index (χ1n) is 21.0. The first kappa shape index (κ1) is 51.8. The van der Waals surface area contributed by atoms with Crippen molar-refractivity contribution in [2.75, 3.05) is 26.4 Å². The summed E-state index contributed by atoms with van der Waals surface area (Å²) in [5.74, 6) is -1.90. The molecule has 0 aliphatic heterocycles. The van der Waals surface area contributed by atoms with Gasteiger partial charge in [0.25, 0.3) is 0 Å². The number of hydrogen-bond donors (Lipinski definition) is 5. The monoisotopic (exact) mass is 816 g/mol. The molecule has 1 rings (SSSR count). The Balaban J connectivity index is 2.51. The second-order valence-electron chi connectivity index (χ2n) is 14.8. The lowest BCUT2D eigenvalue weighted by Gasteiger charge is -2.20. The third-order valence-corrected chi connectivity index (χ3v) is 10.6. The number of ketones is 1. The summed E-state index contributed by atoms with van der Waals surface area (Å²) in [4.78, 5) is 47.6. The van der Waals surface area contributed by atoms with Crippen LogP contribution in [-0.2, 0) is 37.5 Å². The Labute approximate surface area is 335 Å². The molecule has 5 N–H and O–H groups in total. The van der Waals surface area contributed by atoms with Gasteiger partial charge in [-0.25, -0.2) is 4.57 Å². The predicted octanol–water partition coefficient (Wildman–Crippen LogP) is 7.37. The fourth-order valence-electron chi connectivity index (χ4n) is 6.26. The highest BCUT2D eigenvalue weighted by atomic mass is 31.2. The van der Waals surface area contributed by atoms with E-state index in [4.69, 9.17) is 19.1 Å². The summed E-state index contributed by atoms with van der Waals surface area (Å²) in [7, 11) is -4.68. The van der Waals surface area contributed by atoms with Crippen LogP contribution in [0.15, 0.2) is 36.5 Å². The molecule has 7 atom stereocenters. The maximum atomic E-state index is 12.6. The predicted molar refractivity (Wildman–Crippen MR) is 215 cm³/mol. The number of esters is 2. The Hall–Kier alpha value is -2.22. The van der Waals surface area contributed by atoms with Crippen molar-refractivity contribution in [3.05, 3.63) is 36.5 Å². The Morgan fingerprint density at radius 3 is 2.07 bits per heavy atom. The second kappa shape index (κ2) is 32.7. The van der Waals surface area contributed by atoms with Gasteiger partial charge in [0.1, 0.15) is 18.5 Å². The summed E-state index contributed by atoms with van der Waals surface area (Å²) >= 11 is 0. The SMILES string of the molecule is CCCCCC/C=C\CCCCCCCC(=O)O[C@H](COC(=O)CCC/C=C\C[C@H]1C(=O)C[C@@H](O)[C@@H]1/C=C/[C@@H](O)CCCCC)COP(=O)(O)OC[C@@H](O)CO. The third kappa shape index (κ3) is 26.7. The number of phosphoric ester groups is 1. The van der Waals surface area contributed by atoms with Gasteiger partial charge in [-0.05, 0) is 57.8 Å².